The number of carbonyl (C=O) groups is 2. The van der Waals surface area contributed by atoms with Crippen molar-refractivity contribution < 1.29 is 32.5 Å². The van der Waals surface area contributed by atoms with Crippen molar-refractivity contribution in [1.82, 2.24) is 25.6 Å². The molecule has 14 heteroatoms. The van der Waals surface area contributed by atoms with Crippen LogP contribution in [0.4, 0.5) is 4.39 Å². The van der Waals surface area contributed by atoms with Gasteiger partial charge in [0.25, 0.3) is 11.8 Å². The van der Waals surface area contributed by atoms with E-state index in [1.165, 1.54) is 12.1 Å². The number of nitrogens with two attached hydrogens (primary N) is 1. The topological polar surface area (TPSA) is 168 Å². The molecule has 2 heterocycles. The van der Waals surface area contributed by atoms with Crippen LogP contribution in [0.15, 0.2) is 51.5 Å². The SMILES string of the molecule is CCc1nc(-c2ccc(OC(CC)c3nc(-c4ccc(C(=O)N[C@@H](C)COC(=O)CN)c(F)c4)no3)cc2)no1.Cl. The van der Waals surface area contributed by atoms with Gasteiger partial charge in [0.2, 0.25) is 17.5 Å². The average Bonchev–Trinajstić information content (AvgIpc) is 3.65. The highest BCUT2D eigenvalue weighted by molar-refractivity contribution is 5.95. The Hall–Kier alpha value is -4.36. The predicted octanol–water partition coefficient (Wildman–Crippen LogP) is 4.06. The minimum atomic E-state index is -0.774. The maximum absolute atomic E-state index is 14.8. The zero-order valence-corrected chi connectivity index (χ0v) is 23.4. The maximum Gasteiger partial charge on any atom is 0.319 e. The van der Waals surface area contributed by atoms with E-state index in [1.54, 1.807) is 19.1 Å². The summed E-state index contributed by atoms with van der Waals surface area (Å²) in [7, 11) is 0. The number of esters is 1. The third-order valence-corrected chi connectivity index (χ3v) is 5.76. The second-order valence-corrected chi connectivity index (χ2v) is 8.82. The van der Waals surface area contributed by atoms with Gasteiger partial charge in [-0.05, 0) is 49.7 Å². The van der Waals surface area contributed by atoms with Crippen LogP contribution in [0.25, 0.3) is 22.8 Å². The molecule has 4 rings (SSSR count). The number of ether oxygens (including phenoxy) is 2. The predicted molar refractivity (Wildman–Crippen MR) is 147 cm³/mol. The van der Waals surface area contributed by atoms with E-state index >= 15 is 0 Å². The molecule has 0 fully saturated rings. The van der Waals surface area contributed by atoms with E-state index in [-0.39, 0.29) is 42.8 Å². The highest BCUT2D eigenvalue weighted by Gasteiger charge is 2.22. The lowest BCUT2D eigenvalue weighted by Gasteiger charge is -2.14. The van der Waals surface area contributed by atoms with Gasteiger partial charge < -0.3 is 29.6 Å². The number of halogens is 2. The summed E-state index contributed by atoms with van der Waals surface area (Å²) in [6.45, 7) is 5.10. The molecule has 41 heavy (non-hydrogen) atoms. The van der Waals surface area contributed by atoms with E-state index in [2.05, 4.69) is 25.6 Å². The highest BCUT2D eigenvalue weighted by atomic mass is 35.5. The first kappa shape index (κ1) is 31.2. The summed E-state index contributed by atoms with van der Waals surface area (Å²) < 4.78 is 36.3. The van der Waals surface area contributed by atoms with Gasteiger partial charge in [-0.3, -0.25) is 9.59 Å². The van der Waals surface area contributed by atoms with Gasteiger partial charge in [0, 0.05) is 17.5 Å². The molecule has 0 saturated carbocycles. The number of hydrogen-bond acceptors (Lipinski definition) is 11. The number of aryl methyl sites for hydroxylation is 1. The Balaban J connectivity index is 0.00000462. The Labute approximate surface area is 241 Å². The highest BCUT2D eigenvalue weighted by Crippen LogP contribution is 2.28. The molecule has 0 saturated heterocycles. The Bertz CT molecular complexity index is 1460. The Morgan fingerprint density at radius 2 is 1.71 bits per heavy atom. The van der Waals surface area contributed by atoms with Crippen LogP contribution in [0, 0.1) is 5.82 Å². The summed E-state index contributed by atoms with van der Waals surface area (Å²) in [5.74, 6) is -0.0503. The second kappa shape index (κ2) is 14.3. The number of benzene rings is 2. The van der Waals surface area contributed by atoms with Gasteiger partial charge in [-0.1, -0.05) is 30.2 Å². The van der Waals surface area contributed by atoms with Gasteiger partial charge in [-0.25, -0.2) is 4.39 Å². The molecule has 0 aliphatic rings. The smallest absolute Gasteiger partial charge is 0.319 e. The fourth-order valence-electron chi connectivity index (χ4n) is 3.61. The van der Waals surface area contributed by atoms with Crippen LogP contribution in [0.2, 0.25) is 0 Å². The van der Waals surface area contributed by atoms with E-state index in [4.69, 9.17) is 24.3 Å². The zero-order chi connectivity index (χ0) is 28.6. The summed E-state index contributed by atoms with van der Waals surface area (Å²) in [4.78, 5) is 32.3. The van der Waals surface area contributed by atoms with Crippen molar-refractivity contribution in [3.05, 3.63) is 65.6 Å². The van der Waals surface area contributed by atoms with Crippen LogP contribution in [0.3, 0.4) is 0 Å². The normalized spacial score (nSPS) is 12.2. The first-order chi connectivity index (χ1) is 19.3. The molecule has 4 aromatic rings. The second-order valence-electron chi connectivity index (χ2n) is 8.82. The minimum absolute atomic E-state index is 0. The molecule has 1 unspecified atom stereocenters. The molecule has 2 atom stereocenters. The van der Waals surface area contributed by atoms with Gasteiger partial charge in [0.1, 0.15) is 18.2 Å². The maximum atomic E-state index is 14.8. The molecule has 0 aliphatic carbocycles. The van der Waals surface area contributed by atoms with E-state index in [1.807, 2.05) is 26.0 Å². The van der Waals surface area contributed by atoms with Gasteiger partial charge in [-0.2, -0.15) is 9.97 Å². The molecule has 3 N–H and O–H groups in total. The molecule has 2 aromatic carbocycles. The lowest BCUT2D eigenvalue weighted by molar-refractivity contribution is -0.142. The summed E-state index contributed by atoms with van der Waals surface area (Å²) in [5, 5.41) is 10.5. The average molecular weight is 589 g/mol. The lowest BCUT2D eigenvalue weighted by Crippen LogP contribution is -2.37. The largest absolute Gasteiger partial charge is 0.481 e. The lowest BCUT2D eigenvalue weighted by atomic mass is 10.1. The van der Waals surface area contributed by atoms with Crippen LogP contribution in [-0.2, 0) is 16.0 Å². The van der Waals surface area contributed by atoms with Crippen molar-refractivity contribution in [2.24, 2.45) is 5.73 Å². The molecule has 0 aliphatic heterocycles. The molecular weight excluding hydrogens is 559 g/mol. The summed E-state index contributed by atoms with van der Waals surface area (Å²) in [6.07, 6.45) is 0.633. The van der Waals surface area contributed by atoms with Crippen LogP contribution in [0.5, 0.6) is 5.75 Å². The Kier molecular flexibility index (Phi) is 10.9. The van der Waals surface area contributed by atoms with Crippen molar-refractivity contribution in [2.45, 2.75) is 45.8 Å². The molecule has 2 aromatic heterocycles. The fraction of sp³-hybridized carbons (Fsp3) is 0.333. The van der Waals surface area contributed by atoms with Crippen LogP contribution in [0.1, 0.15) is 55.4 Å². The molecule has 1 amide bonds. The first-order valence-corrected chi connectivity index (χ1v) is 12.7. The van der Waals surface area contributed by atoms with Crippen LogP contribution >= 0.6 is 12.4 Å². The number of amides is 1. The number of carbonyl (C=O) groups excluding carboxylic acids is 2. The van der Waals surface area contributed by atoms with Crippen molar-refractivity contribution in [2.75, 3.05) is 13.2 Å². The van der Waals surface area contributed by atoms with E-state index < -0.39 is 29.8 Å². The first-order valence-electron chi connectivity index (χ1n) is 12.7. The molecular formula is C27H30ClFN6O6. The number of hydrogen-bond donors (Lipinski definition) is 2. The molecule has 0 radical (unpaired) electrons. The fourth-order valence-corrected chi connectivity index (χ4v) is 3.61. The zero-order valence-electron chi connectivity index (χ0n) is 22.6. The van der Waals surface area contributed by atoms with Crippen molar-refractivity contribution in [3.63, 3.8) is 0 Å². The number of aromatic nitrogens is 4. The quantitative estimate of drug-likeness (QED) is 0.229. The van der Waals surface area contributed by atoms with Gasteiger partial charge >= 0.3 is 5.97 Å². The summed E-state index contributed by atoms with van der Waals surface area (Å²) in [5.41, 5.74) is 6.10. The molecule has 12 nitrogen and oxygen atoms in total. The monoisotopic (exact) mass is 588 g/mol. The van der Waals surface area contributed by atoms with Gasteiger partial charge in [-0.15, -0.1) is 12.4 Å². The van der Waals surface area contributed by atoms with Crippen LogP contribution in [-0.4, -0.2) is 51.4 Å². The Morgan fingerprint density at radius 3 is 2.34 bits per heavy atom. The number of nitrogens with one attached hydrogen (secondary N) is 1. The van der Waals surface area contributed by atoms with Gasteiger partial charge in [0.15, 0.2) is 6.10 Å². The summed E-state index contributed by atoms with van der Waals surface area (Å²) in [6, 6.07) is 10.6. The van der Waals surface area contributed by atoms with Crippen LogP contribution < -0.4 is 15.8 Å². The van der Waals surface area contributed by atoms with Crippen molar-refractivity contribution in [3.8, 4) is 28.5 Å². The molecule has 218 valence electrons. The van der Waals surface area contributed by atoms with E-state index in [0.29, 0.717) is 35.9 Å². The van der Waals surface area contributed by atoms with Crippen molar-refractivity contribution in [1.29, 1.82) is 0 Å². The van der Waals surface area contributed by atoms with E-state index in [9.17, 15) is 14.0 Å². The number of nitrogens with zero attached hydrogens (tertiary/aromatic N) is 4. The third-order valence-electron chi connectivity index (χ3n) is 5.76. The third kappa shape index (κ3) is 7.86. The van der Waals surface area contributed by atoms with Gasteiger partial charge in [0.05, 0.1) is 18.2 Å². The molecule has 0 bridgehead atoms. The van der Waals surface area contributed by atoms with E-state index in [0.717, 1.165) is 11.6 Å². The standard InChI is InChI=1S/C27H29FN6O6.ClH/c1-4-21(38-18-9-6-16(7-10-18)24-31-22(5-2)39-33-24)27-32-25(34-40-27)17-8-11-19(20(28)12-17)26(36)30-15(3)14-37-23(35)13-29;/h6-12,15,21H,4-5,13-14,29H2,1-3H3,(H,30,36);1H/t15-,21?;/m0./s1. The van der Waals surface area contributed by atoms with Crippen molar-refractivity contribution >= 4 is 24.3 Å². The number of rotatable bonds is 12. The Morgan fingerprint density at radius 1 is 1.02 bits per heavy atom. The molecule has 0 spiro atoms. The summed E-state index contributed by atoms with van der Waals surface area (Å²) >= 11 is 0. The minimum Gasteiger partial charge on any atom is -0.481 e.